The lowest BCUT2D eigenvalue weighted by Gasteiger charge is -2.09. The Bertz CT molecular complexity index is 979. The average molecular weight is 335 g/mol. The van der Waals surface area contributed by atoms with Crippen LogP contribution in [0, 0.1) is 6.92 Å². The van der Waals surface area contributed by atoms with E-state index in [2.05, 4.69) is 15.0 Å². The molecule has 0 saturated heterocycles. The highest BCUT2D eigenvalue weighted by atomic mass is 16.5. The standard InChI is InChI=1S/C19H17N3O3/c1-3-13-11-20-8-7-16(13)19(24)25-15-6-4-5-14(10-15)18-21-12(2)9-17(23)22-18/h4-11H,3H2,1-2H3,(H,21,22,23). The summed E-state index contributed by atoms with van der Waals surface area (Å²) in [5, 5.41) is 0. The Morgan fingerprint density at radius 1 is 1.24 bits per heavy atom. The zero-order valence-electron chi connectivity index (χ0n) is 13.9. The molecule has 1 N–H and O–H groups in total. The summed E-state index contributed by atoms with van der Waals surface area (Å²) in [6.07, 6.45) is 3.91. The molecule has 0 unspecified atom stereocenters. The summed E-state index contributed by atoms with van der Waals surface area (Å²) < 4.78 is 5.48. The van der Waals surface area contributed by atoms with Crippen LogP contribution in [0.1, 0.15) is 28.5 Å². The van der Waals surface area contributed by atoms with Crippen LogP contribution in [0.25, 0.3) is 11.4 Å². The highest BCUT2D eigenvalue weighted by Crippen LogP contribution is 2.22. The molecule has 0 bridgehead atoms. The van der Waals surface area contributed by atoms with Gasteiger partial charge in [0.2, 0.25) is 0 Å². The third-order valence-electron chi connectivity index (χ3n) is 3.69. The van der Waals surface area contributed by atoms with Gasteiger partial charge in [0.25, 0.3) is 5.56 Å². The van der Waals surface area contributed by atoms with Gasteiger partial charge in [-0.1, -0.05) is 19.1 Å². The molecule has 2 heterocycles. The van der Waals surface area contributed by atoms with Crippen molar-refractivity contribution in [3.05, 3.63) is 76.0 Å². The van der Waals surface area contributed by atoms with Crippen molar-refractivity contribution < 1.29 is 9.53 Å². The number of benzene rings is 1. The van der Waals surface area contributed by atoms with E-state index in [1.165, 1.54) is 6.07 Å². The maximum absolute atomic E-state index is 12.4. The molecule has 0 saturated carbocycles. The van der Waals surface area contributed by atoms with Gasteiger partial charge in [-0.15, -0.1) is 0 Å². The number of esters is 1. The molecule has 2 aromatic heterocycles. The smallest absolute Gasteiger partial charge is 0.343 e. The van der Waals surface area contributed by atoms with Gasteiger partial charge in [-0.05, 0) is 37.1 Å². The Kier molecular flexibility index (Phi) is 4.70. The summed E-state index contributed by atoms with van der Waals surface area (Å²) in [7, 11) is 0. The van der Waals surface area contributed by atoms with E-state index in [0.717, 1.165) is 5.56 Å². The van der Waals surface area contributed by atoms with Gasteiger partial charge in [-0.25, -0.2) is 9.78 Å². The second-order valence-electron chi connectivity index (χ2n) is 5.54. The first-order valence-corrected chi connectivity index (χ1v) is 7.90. The highest BCUT2D eigenvalue weighted by molar-refractivity contribution is 5.92. The fourth-order valence-corrected chi connectivity index (χ4v) is 2.49. The molecule has 0 aliphatic heterocycles. The van der Waals surface area contributed by atoms with Crippen LogP contribution in [0.4, 0.5) is 0 Å². The molecule has 0 atom stereocenters. The SMILES string of the molecule is CCc1cnccc1C(=O)Oc1cccc(-c2nc(C)cc(=O)[nH]2)c1. The first-order chi connectivity index (χ1) is 12.1. The number of nitrogens with zero attached hydrogens (tertiary/aromatic N) is 2. The quantitative estimate of drug-likeness (QED) is 0.585. The number of carbonyl (C=O) groups is 1. The van der Waals surface area contributed by atoms with Crippen LogP contribution in [-0.2, 0) is 6.42 Å². The lowest BCUT2D eigenvalue weighted by atomic mass is 10.1. The molecule has 1 aromatic carbocycles. The molecule has 3 rings (SSSR count). The first kappa shape index (κ1) is 16.6. The molecular weight excluding hydrogens is 318 g/mol. The maximum atomic E-state index is 12.4. The van der Waals surface area contributed by atoms with Crippen molar-refractivity contribution in [3.8, 4) is 17.1 Å². The first-order valence-electron chi connectivity index (χ1n) is 7.90. The average Bonchev–Trinajstić information content (AvgIpc) is 2.61. The number of carbonyl (C=O) groups excluding carboxylic acids is 1. The van der Waals surface area contributed by atoms with Crippen LogP contribution in [-0.4, -0.2) is 20.9 Å². The second-order valence-corrected chi connectivity index (χ2v) is 5.54. The van der Waals surface area contributed by atoms with E-state index in [0.29, 0.717) is 34.8 Å². The fraction of sp³-hybridized carbons (Fsp3) is 0.158. The number of aryl methyl sites for hydroxylation is 2. The van der Waals surface area contributed by atoms with E-state index in [1.54, 1.807) is 49.6 Å². The molecule has 6 heteroatoms. The third-order valence-corrected chi connectivity index (χ3v) is 3.69. The number of aromatic nitrogens is 3. The summed E-state index contributed by atoms with van der Waals surface area (Å²) >= 11 is 0. The number of rotatable bonds is 4. The van der Waals surface area contributed by atoms with Crippen LogP contribution in [0.15, 0.2) is 53.6 Å². The molecule has 6 nitrogen and oxygen atoms in total. The Balaban J connectivity index is 1.89. The van der Waals surface area contributed by atoms with Gasteiger partial charge < -0.3 is 9.72 Å². The molecule has 0 aliphatic carbocycles. The number of pyridine rings is 1. The lowest BCUT2D eigenvalue weighted by molar-refractivity contribution is 0.0733. The van der Waals surface area contributed by atoms with Crippen LogP contribution in [0.5, 0.6) is 5.75 Å². The van der Waals surface area contributed by atoms with E-state index in [-0.39, 0.29) is 5.56 Å². The van der Waals surface area contributed by atoms with Gasteiger partial charge in [0.15, 0.2) is 0 Å². The summed E-state index contributed by atoms with van der Waals surface area (Å²) in [5.74, 6) is 0.369. The zero-order valence-corrected chi connectivity index (χ0v) is 13.9. The number of nitrogens with one attached hydrogen (secondary N) is 1. The van der Waals surface area contributed by atoms with E-state index >= 15 is 0 Å². The predicted octanol–water partition coefficient (Wildman–Crippen LogP) is 2.92. The van der Waals surface area contributed by atoms with Crippen molar-refractivity contribution in [3.63, 3.8) is 0 Å². The van der Waals surface area contributed by atoms with E-state index in [1.807, 2.05) is 6.92 Å². The number of aromatic amines is 1. The molecule has 126 valence electrons. The number of hydrogen-bond acceptors (Lipinski definition) is 5. The molecule has 0 radical (unpaired) electrons. The van der Waals surface area contributed by atoms with E-state index < -0.39 is 5.97 Å². The van der Waals surface area contributed by atoms with Gasteiger partial charge in [-0.2, -0.15) is 0 Å². The Hall–Kier alpha value is -3.28. The Morgan fingerprint density at radius 3 is 2.84 bits per heavy atom. The van der Waals surface area contributed by atoms with Crippen LogP contribution in [0.2, 0.25) is 0 Å². The summed E-state index contributed by atoms with van der Waals surface area (Å²) in [5.41, 5.74) is 2.37. The molecular formula is C19H17N3O3. The topological polar surface area (TPSA) is 84.9 Å². The minimum Gasteiger partial charge on any atom is -0.423 e. The molecule has 0 aliphatic rings. The minimum atomic E-state index is -0.443. The van der Waals surface area contributed by atoms with Crippen molar-refractivity contribution >= 4 is 5.97 Å². The van der Waals surface area contributed by atoms with Gasteiger partial charge in [0, 0.05) is 29.7 Å². The second kappa shape index (κ2) is 7.09. The van der Waals surface area contributed by atoms with Gasteiger partial charge in [0.1, 0.15) is 11.6 Å². The maximum Gasteiger partial charge on any atom is 0.343 e. The van der Waals surface area contributed by atoms with Gasteiger partial charge in [-0.3, -0.25) is 9.78 Å². The van der Waals surface area contributed by atoms with Crippen molar-refractivity contribution in [2.24, 2.45) is 0 Å². The van der Waals surface area contributed by atoms with E-state index in [9.17, 15) is 9.59 Å². The van der Waals surface area contributed by atoms with Crippen LogP contribution < -0.4 is 10.3 Å². The third kappa shape index (κ3) is 3.80. The van der Waals surface area contributed by atoms with E-state index in [4.69, 9.17) is 4.74 Å². The normalized spacial score (nSPS) is 10.5. The molecule has 25 heavy (non-hydrogen) atoms. The monoisotopic (exact) mass is 335 g/mol. The summed E-state index contributed by atoms with van der Waals surface area (Å²) in [6.45, 7) is 3.70. The summed E-state index contributed by atoms with van der Waals surface area (Å²) in [6, 6.07) is 9.95. The zero-order chi connectivity index (χ0) is 17.8. The van der Waals surface area contributed by atoms with Crippen molar-refractivity contribution in [1.29, 1.82) is 0 Å². The largest absolute Gasteiger partial charge is 0.423 e. The number of H-pyrrole nitrogens is 1. The van der Waals surface area contributed by atoms with Crippen molar-refractivity contribution in [1.82, 2.24) is 15.0 Å². The van der Waals surface area contributed by atoms with Gasteiger partial charge in [0.05, 0.1) is 5.56 Å². The molecule has 3 aromatic rings. The van der Waals surface area contributed by atoms with Crippen LogP contribution in [0.3, 0.4) is 0 Å². The molecule has 0 amide bonds. The fourth-order valence-electron chi connectivity index (χ4n) is 2.49. The van der Waals surface area contributed by atoms with Crippen molar-refractivity contribution in [2.75, 3.05) is 0 Å². The minimum absolute atomic E-state index is 0.228. The van der Waals surface area contributed by atoms with Crippen molar-refractivity contribution in [2.45, 2.75) is 20.3 Å². The highest BCUT2D eigenvalue weighted by Gasteiger charge is 2.13. The predicted molar refractivity (Wildman–Crippen MR) is 93.6 cm³/mol. The molecule has 0 spiro atoms. The van der Waals surface area contributed by atoms with Crippen LogP contribution >= 0.6 is 0 Å². The van der Waals surface area contributed by atoms with Gasteiger partial charge >= 0.3 is 5.97 Å². The number of hydrogen-bond donors (Lipinski definition) is 1. The number of ether oxygens (including phenoxy) is 1. The Morgan fingerprint density at radius 2 is 2.08 bits per heavy atom. The Labute approximate surface area is 144 Å². The summed E-state index contributed by atoms with van der Waals surface area (Å²) in [4.78, 5) is 35.1. The lowest BCUT2D eigenvalue weighted by Crippen LogP contribution is -2.12. The molecule has 0 fully saturated rings.